The van der Waals surface area contributed by atoms with Gasteiger partial charge in [0.25, 0.3) is 5.91 Å². The first-order valence-corrected chi connectivity index (χ1v) is 11.4. The Bertz CT molecular complexity index is 1140. The predicted molar refractivity (Wildman–Crippen MR) is 122 cm³/mol. The highest BCUT2D eigenvalue weighted by Gasteiger charge is 2.32. The number of pyridine rings is 2. The van der Waals surface area contributed by atoms with Gasteiger partial charge in [-0.05, 0) is 61.9 Å². The lowest BCUT2D eigenvalue weighted by atomic mass is 9.87. The molecule has 3 aromatic rings. The predicted octanol–water partition coefficient (Wildman–Crippen LogP) is 5.96. The normalized spacial score (nSPS) is 18.5. The van der Waals surface area contributed by atoms with Gasteiger partial charge < -0.3 is 10.1 Å². The van der Waals surface area contributed by atoms with Gasteiger partial charge >= 0.3 is 6.18 Å². The smallest absolute Gasteiger partial charge is 0.433 e. The molecule has 0 spiro atoms. The van der Waals surface area contributed by atoms with Crippen LogP contribution in [0.25, 0.3) is 5.82 Å². The lowest BCUT2D eigenvalue weighted by molar-refractivity contribution is -0.141. The van der Waals surface area contributed by atoms with Gasteiger partial charge in [0, 0.05) is 18.9 Å². The van der Waals surface area contributed by atoms with Gasteiger partial charge in [0.05, 0.1) is 22.3 Å². The zero-order valence-electron chi connectivity index (χ0n) is 17.9. The number of nitrogens with zero attached hydrogens (tertiary/aromatic N) is 3. The van der Waals surface area contributed by atoms with Crippen LogP contribution in [0.3, 0.4) is 0 Å². The Balaban J connectivity index is 1.27. The molecule has 180 valence electrons. The number of halogens is 5. The number of nitrogens with one attached hydrogen (secondary N) is 1. The van der Waals surface area contributed by atoms with E-state index in [9.17, 15) is 18.0 Å². The molecule has 0 radical (unpaired) electrons. The molecule has 34 heavy (non-hydrogen) atoms. The highest BCUT2D eigenvalue weighted by molar-refractivity contribution is 6.35. The van der Waals surface area contributed by atoms with E-state index in [1.165, 1.54) is 12.3 Å². The molecule has 1 N–H and O–H groups in total. The zero-order chi connectivity index (χ0) is 24.3. The summed E-state index contributed by atoms with van der Waals surface area (Å²) in [4.78, 5) is 20.4. The Morgan fingerprint density at radius 1 is 1.12 bits per heavy atom. The molecule has 0 saturated heterocycles. The molecule has 1 aliphatic carbocycles. The number of ether oxygens (including phenoxy) is 1. The van der Waals surface area contributed by atoms with Crippen molar-refractivity contribution in [2.45, 2.75) is 38.0 Å². The second-order valence-electron chi connectivity index (χ2n) is 8.07. The van der Waals surface area contributed by atoms with Crippen molar-refractivity contribution in [3.8, 4) is 11.6 Å². The fraction of sp³-hybridized carbons (Fsp3) is 0.348. The largest absolute Gasteiger partial charge is 0.489 e. The molecular formula is C23H21Cl2F3N4O2. The van der Waals surface area contributed by atoms with Gasteiger partial charge in [0.2, 0.25) is 0 Å². The first kappa shape index (κ1) is 24.3. The van der Waals surface area contributed by atoms with Crippen molar-refractivity contribution in [3.63, 3.8) is 0 Å². The average Bonchev–Trinajstić information content (AvgIpc) is 3.28. The van der Waals surface area contributed by atoms with Crippen molar-refractivity contribution in [1.29, 1.82) is 0 Å². The summed E-state index contributed by atoms with van der Waals surface area (Å²) < 4.78 is 45.3. The fourth-order valence-electron chi connectivity index (χ4n) is 3.93. The van der Waals surface area contributed by atoms with Crippen molar-refractivity contribution in [3.05, 3.63) is 70.4 Å². The van der Waals surface area contributed by atoms with E-state index >= 15 is 0 Å². The molecule has 3 heterocycles. The molecule has 3 aromatic heterocycles. The fourth-order valence-corrected chi connectivity index (χ4v) is 4.40. The van der Waals surface area contributed by atoms with Gasteiger partial charge in [0.1, 0.15) is 17.1 Å². The summed E-state index contributed by atoms with van der Waals surface area (Å²) in [6.07, 6.45) is 2.83. The van der Waals surface area contributed by atoms with Crippen LogP contribution in [0.2, 0.25) is 10.0 Å². The van der Waals surface area contributed by atoms with E-state index in [0.717, 1.165) is 37.9 Å². The average molecular weight is 513 g/mol. The topological polar surface area (TPSA) is 69.0 Å². The molecule has 0 aromatic carbocycles. The minimum absolute atomic E-state index is 0.0964. The van der Waals surface area contributed by atoms with Gasteiger partial charge in [-0.3, -0.25) is 9.36 Å². The summed E-state index contributed by atoms with van der Waals surface area (Å²) in [5.74, 6) is 0.763. The van der Waals surface area contributed by atoms with Crippen molar-refractivity contribution < 1.29 is 22.7 Å². The number of amides is 1. The van der Waals surface area contributed by atoms with E-state index in [1.54, 1.807) is 29.0 Å². The second-order valence-corrected chi connectivity index (χ2v) is 8.91. The lowest BCUT2D eigenvalue weighted by Crippen LogP contribution is -2.34. The molecule has 0 unspecified atom stereocenters. The van der Waals surface area contributed by atoms with Crippen molar-refractivity contribution in [1.82, 2.24) is 19.9 Å². The third kappa shape index (κ3) is 5.82. The minimum atomic E-state index is -4.47. The molecule has 11 heteroatoms. The van der Waals surface area contributed by atoms with Gasteiger partial charge in [0.15, 0.2) is 5.82 Å². The second kappa shape index (κ2) is 10.2. The number of carbonyl (C=O) groups excluding carboxylic acids is 1. The molecule has 0 aliphatic heterocycles. The van der Waals surface area contributed by atoms with Crippen LogP contribution in [0.1, 0.15) is 41.9 Å². The summed E-state index contributed by atoms with van der Waals surface area (Å²) in [7, 11) is 0. The van der Waals surface area contributed by atoms with Gasteiger partial charge in [-0.15, -0.1) is 0 Å². The van der Waals surface area contributed by atoms with Crippen LogP contribution in [0.5, 0.6) is 5.75 Å². The number of alkyl halides is 3. The summed E-state index contributed by atoms with van der Waals surface area (Å²) in [5.41, 5.74) is -0.539. The van der Waals surface area contributed by atoms with Gasteiger partial charge in [-0.1, -0.05) is 23.2 Å². The van der Waals surface area contributed by atoms with E-state index in [1.807, 2.05) is 0 Å². The highest BCUT2D eigenvalue weighted by Crippen LogP contribution is 2.30. The molecule has 6 nitrogen and oxygen atoms in total. The SMILES string of the molecule is O=C(NCC1CCC(Oc2ccc(C(F)(F)F)nc2)CC1)c1cccn1-c1ncc(Cl)cc1Cl. The van der Waals surface area contributed by atoms with Crippen molar-refractivity contribution >= 4 is 29.1 Å². The summed E-state index contributed by atoms with van der Waals surface area (Å²) in [5, 5.41) is 3.70. The van der Waals surface area contributed by atoms with Crippen molar-refractivity contribution in [2.24, 2.45) is 5.92 Å². The third-order valence-corrected chi connectivity index (χ3v) is 6.16. The standard InChI is InChI=1S/C23H21Cl2F3N4O2/c24-15-10-18(25)21(30-12-15)32-9-1-2-19(32)22(33)31-11-14-3-5-16(6-4-14)34-17-7-8-20(29-13-17)23(26,27)28/h1-2,7-10,12-14,16H,3-6,11H2,(H,31,33). The molecule has 1 amide bonds. The molecule has 0 bridgehead atoms. The minimum Gasteiger partial charge on any atom is -0.489 e. The Hall–Kier alpha value is -2.78. The van der Waals surface area contributed by atoms with Crippen LogP contribution in [0.4, 0.5) is 13.2 Å². The van der Waals surface area contributed by atoms with Gasteiger partial charge in [-0.25, -0.2) is 9.97 Å². The number of hydrogen-bond donors (Lipinski definition) is 1. The quantitative estimate of drug-likeness (QED) is 0.442. The van der Waals surface area contributed by atoms with E-state index in [2.05, 4.69) is 15.3 Å². The first-order valence-electron chi connectivity index (χ1n) is 10.7. The zero-order valence-corrected chi connectivity index (χ0v) is 19.4. The molecule has 1 aliphatic rings. The van der Waals surface area contributed by atoms with Crippen LogP contribution in [-0.4, -0.2) is 33.1 Å². The number of carbonyl (C=O) groups is 1. The van der Waals surface area contributed by atoms with Crippen LogP contribution >= 0.6 is 23.2 Å². The molecule has 1 saturated carbocycles. The molecule has 1 fully saturated rings. The summed E-state index contributed by atoms with van der Waals surface area (Å²) >= 11 is 12.1. The number of rotatable bonds is 6. The van der Waals surface area contributed by atoms with Crippen LogP contribution in [0, 0.1) is 5.92 Å². The number of aromatic nitrogens is 3. The maximum absolute atomic E-state index is 12.8. The highest BCUT2D eigenvalue weighted by atomic mass is 35.5. The van der Waals surface area contributed by atoms with Crippen LogP contribution < -0.4 is 10.1 Å². The Labute approximate surface area is 204 Å². The Morgan fingerprint density at radius 2 is 1.88 bits per heavy atom. The monoisotopic (exact) mass is 512 g/mol. The first-order chi connectivity index (χ1) is 16.2. The maximum Gasteiger partial charge on any atom is 0.433 e. The summed E-state index contributed by atoms with van der Waals surface area (Å²) in [6.45, 7) is 0.500. The van der Waals surface area contributed by atoms with Gasteiger partial charge in [-0.2, -0.15) is 13.2 Å². The van der Waals surface area contributed by atoms with E-state index in [-0.39, 0.29) is 17.9 Å². The number of hydrogen-bond acceptors (Lipinski definition) is 4. The maximum atomic E-state index is 12.8. The Kier molecular flexibility index (Phi) is 7.33. The molecule has 4 rings (SSSR count). The van der Waals surface area contributed by atoms with E-state index in [0.29, 0.717) is 33.9 Å². The van der Waals surface area contributed by atoms with Crippen molar-refractivity contribution in [2.75, 3.05) is 6.54 Å². The third-order valence-electron chi connectivity index (χ3n) is 5.67. The van der Waals surface area contributed by atoms with Crippen LogP contribution in [-0.2, 0) is 6.18 Å². The van der Waals surface area contributed by atoms with E-state index in [4.69, 9.17) is 27.9 Å². The summed E-state index contributed by atoms with van der Waals surface area (Å²) in [6, 6.07) is 7.19. The van der Waals surface area contributed by atoms with E-state index < -0.39 is 11.9 Å². The Morgan fingerprint density at radius 3 is 2.53 bits per heavy atom. The molecular weight excluding hydrogens is 492 g/mol. The van der Waals surface area contributed by atoms with Crippen LogP contribution in [0.15, 0.2) is 48.9 Å². The lowest BCUT2D eigenvalue weighted by Gasteiger charge is -2.29. The molecule has 0 atom stereocenters.